The number of hydrogen-bond acceptors (Lipinski definition) is 5. The highest BCUT2D eigenvalue weighted by atomic mass is 32.2. The Hall–Kier alpha value is -3.89. The molecule has 0 bridgehead atoms. The van der Waals surface area contributed by atoms with E-state index in [2.05, 4.69) is 9.82 Å². The predicted molar refractivity (Wildman–Crippen MR) is 133 cm³/mol. The molecule has 0 amide bonds. The van der Waals surface area contributed by atoms with Gasteiger partial charge in [0.05, 0.1) is 28.1 Å². The van der Waals surface area contributed by atoms with Crippen molar-refractivity contribution in [3.05, 3.63) is 100 Å². The molecule has 0 saturated carbocycles. The second-order valence-electron chi connectivity index (χ2n) is 7.64. The average molecular weight is 492 g/mol. The van der Waals surface area contributed by atoms with Crippen molar-refractivity contribution >= 4 is 27.0 Å². The van der Waals surface area contributed by atoms with Crippen molar-refractivity contribution in [1.29, 1.82) is 0 Å². The highest BCUT2D eigenvalue weighted by Gasteiger charge is 2.28. The number of thiophene rings is 1. The SMILES string of the molecule is Cc1c(NS(=O)(=O)c2cn(-c3ccccc3)nc2-c2cccs2)c(=O)n(-c2ccccc2)n1C. The van der Waals surface area contributed by atoms with Gasteiger partial charge in [0.15, 0.2) is 0 Å². The van der Waals surface area contributed by atoms with Crippen molar-refractivity contribution in [1.82, 2.24) is 19.1 Å². The fourth-order valence-electron chi connectivity index (χ4n) is 3.73. The van der Waals surface area contributed by atoms with Crippen LogP contribution in [0.3, 0.4) is 0 Å². The van der Waals surface area contributed by atoms with Crippen LogP contribution >= 0.6 is 11.3 Å². The largest absolute Gasteiger partial charge is 0.296 e. The van der Waals surface area contributed by atoms with Crippen LogP contribution in [0.2, 0.25) is 0 Å². The fraction of sp³-hybridized carbons (Fsp3) is 0.0833. The Bertz CT molecular complexity index is 1620. The molecule has 34 heavy (non-hydrogen) atoms. The van der Waals surface area contributed by atoms with Gasteiger partial charge in [0.1, 0.15) is 16.3 Å². The molecule has 0 atom stereocenters. The smallest absolute Gasteiger partial charge is 0.283 e. The highest BCUT2D eigenvalue weighted by molar-refractivity contribution is 7.92. The second kappa shape index (κ2) is 8.47. The molecule has 0 aliphatic carbocycles. The van der Waals surface area contributed by atoms with Crippen molar-refractivity contribution in [2.45, 2.75) is 11.8 Å². The lowest BCUT2D eigenvalue weighted by atomic mass is 10.3. The van der Waals surface area contributed by atoms with E-state index in [1.807, 2.05) is 66.0 Å². The van der Waals surface area contributed by atoms with Crippen molar-refractivity contribution in [2.24, 2.45) is 7.05 Å². The predicted octanol–water partition coefficient (Wildman–Crippen LogP) is 4.20. The van der Waals surface area contributed by atoms with E-state index in [0.29, 0.717) is 22.0 Å². The van der Waals surface area contributed by atoms with Gasteiger partial charge in [-0.05, 0) is 42.6 Å². The Morgan fingerprint density at radius 3 is 2.18 bits per heavy atom. The number of nitrogens with one attached hydrogen (secondary N) is 1. The van der Waals surface area contributed by atoms with Crippen LogP contribution in [0.1, 0.15) is 5.69 Å². The highest BCUT2D eigenvalue weighted by Crippen LogP contribution is 2.32. The normalized spacial score (nSPS) is 11.6. The van der Waals surface area contributed by atoms with E-state index in [4.69, 9.17) is 0 Å². The van der Waals surface area contributed by atoms with Crippen LogP contribution in [0.15, 0.2) is 94.1 Å². The number of aromatic nitrogens is 4. The number of benzene rings is 2. The van der Waals surface area contributed by atoms with Gasteiger partial charge in [-0.15, -0.1) is 11.3 Å². The van der Waals surface area contributed by atoms with Gasteiger partial charge in [-0.3, -0.25) is 14.2 Å². The topological polar surface area (TPSA) is 90.9 Å². The third-order valence-electron chi connectivity index (χ3n) is 5.54. The third kappa shape index (κ3) is 3.76. The van der Waals surface area contributed by atoms with Crippen molar-refractivity contribution in [2.75, 3.05) is 4.72 Å². The van der Waals surface area contributed by atoms with Crippen LogP contribution in [0.4, 0.5) is 5.69 Å². The molecule has 3 aromatic heterocycles. The third-order valence-corrected chi connectivity index (χ3v) is 7.76. The lowest BCUT2D eigenvalue weighted by Gasteiger charge is -2.07. The molecular weight excluding hydrogens is 470 g/mol. The molecule has 0 fully saturated rings. The molecule has 10 heteroatoms. The lowest BCUT2D eigenvalue weighted by Crippen LogP contribution is -2.23. The Morgan fingerprint density at radius 1 is 0.912 bits per heavy atom. The first-order valence-corrected chi connectivity index (χ1v) is 12.8. The molecule has 0 aliphatic rings. The molecule has 3 heterocycles. The van der Waals surface area contributed by atoms with E-state index >= 15 is 0 Å². The maximum Gasteiger partial charge on any atom is 0.296 e. The van der Waals surface area contributed by atoms with Gasteiger partial charge in [0.2, 0.25) is 0 Å². The molecule has 1 N–H and O–H groups in total. The molecule has 0 unspecified atom stereocenters. The van der Waals surface area contributed by atoms with Gasteiger partial charge in [-0.1, -0.05) is 42.5 Å². The number of sulfonamides is 1. The lowest BCUT2D eigenvalue weighted by molar-refractivity contribution is 0.601. The average Bonchev–Trinajstić information content (AvgIpc) is 3.57. The van der Waals surface area contributed by atoms with Crippen LogP contribution in [-0.4, -0.2) is 27.6 Å². The van der Waals surface area contributed by atoms with Crippen molar-refractivity contribution < 1.29 is 8.42 Å². The van der Waals surface area contributed by atoms with Crippen molar-refractivity contribution in [3.63, 3.8) is 0 Å². The summed E-state index contributed by atoms with van der Waals surface area (Å²) in [5.74, 6) is 0. The standard InChI is InChI=1S/C24H21N5O3S2/c1-17-22(24(30)29(27(17)2)19-12-7-4-8-13-19)26-34(31,32)21-16-28(18-10-5-3-6-11-18)25-23(21)20-14-9-15-33-20/h3-16,26H,1-2H3. The Balaban J connectivity index is 1.62. The molecule has 2 aromatic carbocycles. The monoisotopic (exact) mass is 491 g/mol. The zero-order valence-corrected chi connectivity index (χ0v) is 20.0. The summed E-state index contributed by atoms with van der Waals surface area (Å²) < 4.78 is 34.3. The molecular formula is C24H21N5O3S2. The number of para-hydroxylation sites is 2. The van der Waals surface area contributed by atoms with Crippen LogP contribution < -0.4 is 10.3 Å². The maximum atomic E-state index is 13.6. The number of nitrogens with zero attached hydrogens (tertiary/aromatic N) is 4. The molecule has 5 aromatic rings. The summed E-state index contributed by atoms with van der Waals surface area (Å²) in [6.07, 6.45) is 1.47. The summed E-state index contributed by atoms with van der Waals surface area (Å²) in [7, 11) is -2.43. The minimum Gasteiger partial charge on any atom is -0.283 e. The molecule has 0 radical (unpaired) electrons. The minimum atomic E-state index is -4.14. The molecule has 0 saturated heterocycles. The zero-order chi connectivity index (χ0) is 23.9. The molecule has 0 spiro atoms. The van der Waals surface area contributed by atoms with Crippen LogP contribution in [0.25, 0.3) is 21.9 Å². The molecule has 5 rings (SSSR count). The Labute approximate surface area is 200 Å². The van der Waals surface area contributed by atoms with Crippen LogP contribution in [0.5, 0.6) is 0 Å². The van der Waals surface area contributed by atoms with E-state index in [0.717, 1.165) is 5.69 Å². The summed E-state index contributed by atoms with van der Waals surface area (Å²) in [5.41, 5.74) is 1.72. The van der Waals surface area contributed by atoms with E-state index in [1.54, 1.807) is 30.8 Å². The fourth-order valence-corrected chi connectivity index (χ4v) is 5.77. The Kier molecular flexibility index (Phi) is 5.46. The quantitative estimate of drug-likeness (QED) is 0.385. The summed E-state index contributed by atoms with van der Waals surface area (Å²) in [6.45, 7) is 1.70. The van der Waals surface area contributed by atoms with Gasteiger partial charge < -0.3 is 0 Å². The number of rotatable bonds is 6. The summed E-state index contributed by atoms with van der Waals surface area (Å²) >= 11 is 1.39. The summed E-state index contributed by atoms with van der Waals surface area (Å²) in [6, 6.07) is 22.0. The van der Waals surface area contributed by atoms with Crippen molar-refractivity contribution in [3.8, 4) is 21.9 Å². The molecule has 8 nitrogen and oxygen atoms in total. The maximum absolute atomic E-state index is 13.6. The summed E-state index contributed by atoms with van der Waals surface area (Å²) in [4.78, 5) is 14.0. The minimum absolute atomic E-state index is 0.00376. The first kappa shape index (κ1) is 21.9. The van der Waals surface area contributed by atoms with E-state index < -0.39 is 15.6 Å². The van der Waals surface area contributed by atoms with Crippen LogP contribution in [0, 0.1) is 6.92 Å². The molecule has 172 valence electrons. The molecule has 0 aliphatic heterocycles. The van der Waals surface area contributed by atoms with Gasteiger partial charge >= 0.3 is 0 Å². The van der Waals surface area contributed by atoms with Gasteiger partial charge in [-0.25, -0.2) is 17.8 Å². The Morgan fingerprint density at radius 2 is 1.56 bits per heavy atom. The van der Waals surface area contributed by atoms with E-state index in [-0.39, 0.29) is 10.6 Å². The van der Waals surface area contributed by atoms with E-state index in [9.17, 15) is 13.2 Å². The summed E-state index contributed by atoms with van der Waals surface area (Å²) in [5, 5.41) is 6.43. The van der Waals surface area contributed by atoms with Gasteiger partial charge in [0, 0.05) is 7.05 Å². The first-order valence-electron chi connectivity index (χ1n) is 10.4. The first-order chi connectivity index (χ1) is 16.4. The number of anilines is 1. The van der Waals surface area contributed by atoms with Gasteiger partial charge in [0.25, 0.3) is 15.6 Å². The zero-order valence-electron chi connectivity index (χ0n) is 18.4. The number of hydrogen-bond donors (Lipinski definition) is 1. The van der Waals surface area contributed by atoms with Crippen LogP contribution in [-0.2, 0) is 17.1 Å². The van der Waals surface area contributed by atoms with E-state index in [1.165, 1.54) is 26.9 Å². The second-order valence-corrected chi connectivity index (χ2v) is 10.2. The van der Waals surface area contributed by atoms with Gasteiger partial charge in [-0.2, -0.15) is 5.10 Å².